The standard InChI is InChI=1S/C7H18N4/c1-5-10(3)7(9-2)11(4)6-8/h5-6,8H2,1-4H3. The molecule has 66 valence electrons. The number of hydrogen-bond acceptors (Lipinski definition) is 2. The van der Waals surface area contributed by atoms with Crippen molar-refractivity contribution in [3.8, 4) is 0 Å². The first-order valence-corrected chi connectivity index (χ1v) is 3.76. The van der Waals surface area contributed by atoms with Gasteiger partial charge in [-0.1, -0.05) is 0 Å². The highest BCUT2D eigenvalue weighted by atomic mass is 15.4. The first kappa shape index (κ1) is 10.2. The lowest BCUT2D eigenvalue weighted by atomic mass is 10.6. The third-order valence-corrected chi connectivity index (χ3v) is 1.63. The normalized spacial score (nSPS) is 11.5. The van der Waals surface area contributed by atoms with Gasteiger partial charge in [0.2, 0.25) is 0 Å². The molecule has 0 atom stereocenters. The van der Waals surface area contributed by atoms with Crippen LogP contribution >= 0.6 is 0 Å². The van der Waals surface area contributed by atoms with Crippen LogP contribution in [0, 0.1) is 0 Å². The van der Waals surface area contributed by atoms with Gasteiger partial charge in [-0.3, -0.25) is 4.99 Å². The Morgan fingerprint density at radius 3 is 2.18 bits per heavy atom. The third-order valence-electron chi connectivity index (χ3n) is 1.63. The third kappa shape index (κ3) is 2.76. The molecule has 0 unspecified atom stereocenters. The molecule has 4 heteroatoms. The van der Waals surface area contributed by atoms with Crippen molar-refractivity contribution in [1.82, 2.24) is 9.80 Å². The van der Waals surface area contributed by atoms with Gasteiger partial charge in [-0.2, -0.15) is 0 Å². The summed E-state index contributed by atoms with van der Waals surface area (Å²) in [6.07, 6.45) is 0. The number of guanidine groups is 1. The summed E-state index contributed by atoms with van der Waals surface area (Å²) in [5, 5.41) is 0. The fraction of sp³-hybridized carbons (Fsp3) is 0.857. The van der Waals surface area contributed by atoms with Crippen LogP contribution in [0.3, 0.4) is 0 Å². The van der Waals surface area contributed by atoms with Crippen LogP contribution in [0.4, 0.5) is 0 Å². The number of nitrogens with two attached hydrogens (primary N) is 1. The summed E-state index contributed by atoms with van der Waals surface area (Å²) in [6.45, 7) is 3.52. The molecule has 0 aromatic carbocycles. The Morgan fingerprint density at radius 2 is 1.91 bits per heavy atom. The molecule has 0 aliphatic rings. The summed E-state index contributed by atoms with van der Waals surface area (Å²) in [4.78, 5) is 8.07. The van der Waals surface area contributed by atoms with E-state index in [1.807, 2.05) is 23.9 Å². The molecule has 0 saturated heterocycles. The van der Waals surface area contributed by atoms with Gasteiger partial charge in [0.1, 0.15) is 0 Å². The highest BCUT2D eigenvalue weighted by molar-refractivity contribution is 5.79. The minimum absolute atomic E-state index is 0.497. The van der Waals surface area contributed by atoms with Crippen molar-refractivity contribution in [2.45, 2.75) is 6.92 Å². The molecule has 0 radical (unpaired) electrons. The lowest BCUT2D eigenvalue weighted by Gasteiger charge is -2.26. The zero-order chi connectivity index (χ0) is 8.85. The minimum Gasteiger partial charge on any atom is -0.346 e. The van der Waals surface area contributed by atoms with Crippen molar-refractivity contribution in [2.24, 2.45) is 10.7 Å². The summed E-state index contributed by atoms with van der Waals surface area (Å²) in [7, 11) is 5.69. The number of nitrogens with zero attached hydrogens (tertiary/aromatic N) is 3. The minimum atomic E-state index is 0.497. The first-order chi connectivity index (χ1) is 5.17. The van der Waals surface area contributed by atoms with Crippen LogP contribution in [0.2, 0.25) is 0 Å². The average Bonchev–Trinajstić information content (AvgIpc) is 2.05. The van der Waals surface area contributed by atoms with Crippen LogP contribution in [0.5, 0.6) is 0 Å². The smallest absolute Gasteiger partial charge is 0.196 e. The van der Waals surface area contributed by atoms with Crippen LogP contribution in [0.1, 0.15) is 6.92 Å². The van der Waals surface area contributed by atoms with E-state index in [0.29, 0.717) is 6.67 Å². The van der Waals surface area contributed by atoms with Crippen LogP contribution in [0.25, 0.3) is 0 Å². The zero-order valence-electron chi connectivity index (χ0n) is 7.83. The number of hydrogen-bond donors (Lipinski definition) is 1. The Labute approximate surface area is 68.7 Å². The fourth-order valence-corrected chi connectivity index (χ4v) is 0.856. The second-order valence-electron chi connectivity index (χ2n) is 2.42. The number of rotatable bonds is 2. The summed E-state index contributed by atoms with van der Waals surface area (Å²) in [6, 6.07) is 0. The van der Waals surface area contributed by atoms with E-state index in [1.54, 1.807) is 7.05 Å². The summed E-state index contributed by atoms with van der Waals surface area (Å²) in [5.41, 5.74) is 5.46. The van der Waals surface area contributed by atoms with Gasteiger partial charge in [-0.05, 0) is 6.92 Å². The Hall–Kier alpha value is -0.770. The van der Waals surface area contributed by atoms with Gasteiger partial charge in [-0.25, -0.2) is 0 Å². The maximum atomic E-state index is 5.46. The van der Waals surface area contributed by atoms with Crippen molar-refractivity contribution >= 4 is 5.96 Å². The topological polar surface area (TPSA) is 44.9 Å². The molecule has 0 saturated carbocycles. The highest BCUT2D eigenvalue weighted by Crippen LogP contribution is 1.90. The maximum Gasteiger partial charge on any atom is 0.196 e. The molecular formula is C7H18N4. The van der Waals surface area contributed by atoms with E-state index in [4.69, 9.17) is 5.73 Å². The fourth-order valence-electron chi connectivity index (χ4n) is 0.856. The molecule has 11 heavy (non-hydrogen) atoms. The maximum absolute atomic E-state index is 5.46. The van der Waals surface area contributed by atoms with E-state index >= 15 is 0 Å². The lowest BCUT2D eigenvalue weighted by molar-refractivity contribution is 0.405. The number of aliphatic imine (C=N–C) groups is 1. The molecule has 0 bridgehead atoms. The molecule has 0 aliphatic carbocycles. The summed E-state index contributed by atoms with van der Waals surface area (Å²) >= 11 is 0. The lowest BCUT2D eigenvalue weighted by Crippen LogP contribution is -2.42. The molecular weight excluding hydrogens is 140 g/mol. The predicted octanol–water partition coefficient (Wildman–Crippen LogP) is -0.228. The van der Waals surface area contributed by atoms with Gasteiger partial charge in [0.05, 0.1) is 6.67 Å². The Bertz CT molecular complexity index is 120. The van der Waals surface area contributed by atoms with Gasteiger partial charge in [0.15, 0.2) is 5.96 Å². The van der Waals surface area contributed by atoms with E-state index in [9.17, 15) is 0 Å². The van der Waals surface area contributed by atoms with Gasteiger partial charge < -0.3 is 15.5 Å². The second-order valence-corrected chi connectivity index (χ2v) is 2.42. The molecule has 2 N–H and O–H groups in total. The van der Waals surface area contributed by atoms with E-state index in [-0.39, 0.29) is 0 Å². The quantitative estimate of drug-likeness (QED) is 0.343. The van der Waals surface area contributed by atoms with Crippen molar-refractivity contribution < 1.29 is 0 Å². The van der Waals surface area contributed by atoms with E-state index in [1.165, 1.54) is 0 Å². The van der Waals surface area contributed by atoms with Gasteiger partial charge >= 0.3 is 0 Å². The van der Waals surface area contributed by atoms with E-state index in [0.717, 1.165) is 12.5 Å². The van der Waals surface area contributed by atoms with Crippen molar-refractivity contribution in [2.75, 3.05) is 34.4 Å². The molecule has 0 aliphatic heterocycles. The molecule has 0 heterocycles. The van der Waals surface area contributed by atoms with Crippen molar-refractivity contribution in [1.29, 1.82) is 0 Å². The molecule has 0 aromatic rings. The van der Waals surface area contributed by atoms with Gasteiger partial charge in [0.25, 0.3) is 0 Å². The summed E-state index contributed by atoms with van der Waals surface area (Å²) in [5.74, 6) is 0.926. The van der Waals surface area contributed by atoms with Gasteiger partial charge in [-0.15, -0.1) is 0 Å². The molecule has 0 amide bonds. The molecule has 4 nitrogen and oxygen atoms in total. The van der Waals surface area contributed by atoms with Crippen LogP contribution < -0.4 is 5.73 Å². The first-order valence-electron chi connectivity index (χ1n) is 3.76. The Balaban J connectivity index is 4.17. The second kappa shape index (κ2) is 4.96. The van der Waals surface area contributed by atoms with Crippen molar-refractivity contribution in [3.05, 3.63) is 0 Å². The molecule has 0 rings (SSSR count). The van der Waals surface area contributed by atoms with E-state index in [2.05, 4.69) is 11.9 Å². The molecule has 0 aromatic heterocycles. The van der Waals surface area contributed by atoms with Gasteiger partial charge in [0, 0.05) is 27.7 Å². The van der Waals surface area contributed by atoms with Crippen LogP contribution in [-0.2, 0) is 0 Å². The van der Waals surface area contributed by atoms with Crippen molar-refractivity contribution in [3.63, 3.8) is 0 Å². The summed E-state index contributed by atoms with van der Waals surface area (Å²) < 4.78 is 0. The van der Waals surface area contributed by atoms with Crippen LogP contribution in [-0.4, -0.2) is 50.1 Å². The monoisotopic (exact) mass is 158 g/mol. The Morgan fingerprint density at radius 1 is 1.36 bits per heavy atom. The highest BCUT2D eigenvalue weighted by Gasteiger charge is 2.06. The average molecular weight is 158 g/mol. The Kier molecular flexibility index (Phi) is 4.61. The largest absolute Gasteiger partial charge is 0.346 e. The predicted molar refractivity (Wildman–Crippen MR) is 48.5 cm³/mol. The van der Waals surface area contributed by atoms with Crippen LogP contribution in [0.15, 0.2) is 4.99 Å². The SMILES string of the molecule is CCN(C)C(=NC)N(C)CN. The van der Waals surface area contributed by atoms with E-state index < -0.39 is 0 Å². The zero-order valence-corrected chi connectivity index (χ0v) is 7.83. The molecule has 0 spiro atoms. The molecule has 0 fully saturated rings.